The topological polar surface area (TPSA) is 95.7 Å². The molecule has 7 nitrogen and oxygen atoms in total. The molecule has 1 rings (SSSR count). The van der Waals surface area contributed by atoms with Crippen molar-refractivity contribution in [3.8, 4) is 0 Å². The lowest BCUT2D eigenvalue weighted by molar-refractivity contribution is -0.385. The van der Waals surface area contributed by atoms with Crippen LogP contribution in [0.3, 0.4) is 0 Å². The first-order chi connectivity index (χ1) is 11.4. The summed E-state index contributed by atoms with van der Waals surface area (Å²) >= 11 is 5.91. The second kappa shape index (κ2) is 9.87. The van der Waals surface area contributed by atoms with Gasteiger partial charge in [0.25, 0.3) is 5.69 Å². The minimum atomic E-state index is -0.501. The Kier molecular flexibility index (Phi) is 8.18. The Morgan fingerprint density at radius 1 is 1.17 bits per heavy atom. The summed E-state index contributed by atoms with van der Waals surface area (Å²) in [5.74, 6) is -1.17. The predicted molar refractivity (Wildman–Crippen MR) is 87.8 cm³/mol. The molecule has 0 spiro atoms. The van der Waals surface area contributed by atoms with Crippen LogP contribution in [0.2, 0.25) is 5.02 Å². The molecule has 24 heavy (non-hydrogen) atoms. The van der Waals surface area contributed by atoms with Gasteiger partial charge in [0.1, 0.15) is 0 Å². The molecule has 0 aliphatic rings. The number of nitro benzene ring substituents is 1. The number of rotatable bonds is 9. The second-order valence-electron chi connectivity index (χ2n) is 5.17. The van der Waals surface area contributed by atoms with Crippen molar-refractivity contribution in [3.63, 3.8) is 0 Å². The van der Waals surface area contributed by atoms with Crippen LogP contribution in [-0.2, 0) is 25.5 Å². The molecule has 0 unspecified atom stereocenters. The molecule has 0 aliphatic heterocycles. The molecule has 1 aromatic rings. The molecule has 0 aromatic heterocycles. The van der Waals surface area contributed by atoms with Crippen LogP contribution in [-0.4, -0.2) is 30.1 Å². The molecule has 0 fully saturated rings. The van der Waals surface area contributed by atoms with Crippen molar-refractivity contribution in [1.29, 1.82) is 0 Å². The molecule has 0 heterocycles. The quantitative estimate of drug-likeness (QED) is 0.382. The second-order valence-corrected chi connectivity index (χ2v) is 5.61. The van der Waals surface area contributed by atoms with Crippen molar-refractivity contribution in [2.24, 2.45) is 5.92 Å². The number of hydrogen-bond donors (Lipinski definition) is 0. The van der Waals surface area contributed by atoms with E-state index in [1.165, 1.54) is 18.2 Å². The fourth-order valence-corrected chi connectivity index (χ4v) is 2.19. The Morgan fingerprint density at radius 3 is 2.17 bits per heavy atom. The highest BCUT2D eigenvalue weighted by atomic mass is 35.5. The summed E-state index contributed by atoms with van der Waals surface area (Å²) in [6.45, 7) is 3.34. The molecule has 0 saturated carbocycles. The first-order valence-corrected chi connectivity index (χ1v) is 7.99. The van der Waals surface area contributed by atoms with E-state index < -0.39 is 10.8 Å². The van der Waals surface area contributed by atoms with Gasteiger partial charge in [-0.15, -0.1) is 0 Å². The number of carbonyl (C=O) groups excluding carboxylic acids is 2. The molecular formula is C16H20ClNO6. The highest BCUT2D eigenvalue weighted by Crippen LogP contribution is 2.25. The van der Waals surface area contributed by atoms with Crippen LogP contribution in [0.15, 0.2) is 18.2 Å². The minimum absolute atomic E-state index is 0.00728. The van der Waals surface area contributed by atoms with Crippen LogP contribution in [0, 0.1) is 16.0 Å². The fraction of sp³-hybridized carbons (Fsp3) is 0.500. The summed E-state index contributed by atoms with van der Waals surface area (Å²) in [6, 6.07) is 4.26. The third-order valence-electron chi connectivity index (χ3n) is 3.28. The van der Waals surface area contributed by atoms with Crippen molar-refractivity contribution in [2.75, 3.05) is 13.2 Å². The third-order valence-corrected chi connectivity index (χ3v) is 3.52. The van der Waals surface area contributed by atoms with Gasteiger partial charge < -0.3 is 9.47 Å². The van der Waals surface area contributed by atoms with E-state index in [4.69, 9.17) is 21.1 Å². The Labute approximate surface area is 145 Å². The zero-order valence-electron chi connectivity index (χ0n) is 13.6. The van der Waals surface area contributed by atoms with Gasteiger partial charge in [-0.05, 0) is 18.6 Å². The van der Waals surface area contributed by atoms with Crippen molar-refractivity contribution in [2.45, 2.75) is 33.1 Å². The number of benzene rings is 1. The maximum absolute atomic E-state index is 11.3. The van der Waals surface area contributed by atoms with Crippen LogP contribution in [0.25, 0.3) is 0 Å². The van der Waals surface area contributed by atoms with Gasteiger partial charge in [0.15, 0.2) is 0 Å². The molecule has 0 atom stereocenters. The zero-order valence-corrected chi connectivity index (χ0v) is 14.4. The van der Waals surface area contributed by atoms with Gasteiger partial charge in [-0.25, -0.2) is 0 Å². The fourth-order valence-electron chi connectivity index (χ4n) is 2.00. The molecule has 132 valence electrons. The van der Waals surface area contributed by atoms with Crippen molar-refractivity contribution in [1.82, 2.24) is 0 Å². The predicted octanol–water partition coefficient (Wildman–Crippen LogP) is 3.31. The first-order valence-electron chi connectivity index (χ1n) is 7.61. The SMILES string of the molecule is CCC(=O)OCC(COC(=O)CC)Cc1cc(Cl)ccc1[N+](=O)[O-]. The third kappa shape index (κ3) is 6.54. The summed E-state index contributed by atoms with van der Waals surface area (Å²) < 4.78 is 10.2. The number of ether oxygens (including phenoxy) is 2. The van der Waals surface area contributed by atoms with Gasteiger partial charge in [0.2, 0.25) is 0 Å². The van der Waals surface area contributed by atoms with Crippen molar-refractivity contribution < 1.29 is 24.0 Å². The van der Waals surface area contributed by atoms with Crippen LogP contribution in [0.5, 0.6) is 0 Å². The Balaban J connectivity index is 2.89. The highest BCUT2D eigenvalue weighted by Gasteiger charge is 2.21. The molecule has 0 N–H and O–H groups in total. The van der Waals surface area contributed by atoms with E-state index in [1.807, 2.05) is 0 Å². The Morgan fingerprint density at radius 2 is 1.71 bits per heavy atom. The smallest absolute Gasteiger partial charge is 0.305 e. The zero-order chi connectivity index (χ0) is 18.1. The number of carbonyl (C=O) groups is 2. The molecule has 0 radical (unpaired) electrons. The van der Waals surface area contributed by atoms with Crippen molar-refractivity contribution in [3.05, 3.63) is 38.9 Å². The van der Waals surface area contributed by atoms with E-state index in [0.29, 0.717) is 10.6 Å². The number of halogens is 1. The number of nitrogens with zero attached hydrogens (tertiary/aromatic N) is 1. The Bertz CT molecular complexity index is 584. The minimum Gasteiger partial charge on any atom is -0.465 e. The molecule has 0 saturated heterocycles. The standard InChI is InChI=1S/C16H20ClNO6/c1-3-15(19)23-9-11(10-24-16(20)4-2)7-12-8-13(17)5-6-14(12)18(21)22/h5-6,8,11H,3-4,7,9-10H2,1-2H3. The van der Waals surface area contributed by atoms with Gasteiger partial charge in [0, 0.05) is 35.4 Å². The summed E-state index contributed by atoms with van der Waals surface area (Å²) in [5.41, 5.74) is 0.325. The van der Waals surface area contributed by atoms with Crippen molar-refractivity contribution >= 4 is 29.2 Å². The lowest BCUT2D eigenvalue weighted by Gasteiger charge is -2.17. The van der Waals surface area contributed by atoms with Crippen LogP contribution < -0.4 is 0 Å². The van der Waals surface area contributed by atoms with Gasteiger partial charge in [-0.3, -0.25) is 19.7 Å². The maximum Gasteiger partial charge on any atom is 0.305 e. The molecule has 0 bridgehead atoms. The van der Waals surface area contributed by atoms with E-state index in [1.54, 1.807) is 13.8 Å². The summed E-state index contributed by atoms with van der Waals surface area (Å²) in [6.07, 6.45) is 0.641. The lowest BCUT2D eigenvalue weighted by atomic mass is 9.99. The summed E-state index contributed by atoms with van der Waals surface area (Å²) in [4.78, 5) is 33.3. The Hall–Kier alpha value is -2.15. The van der Waals surface area contributed by atoms with Crippen LogP contribution >= 0.6 is 11.6 Å². The highest BCUT2D eigenvalue weighted by molar-refractivity contribution is 6.30. The summed E-state index contributed by atoms with van der Waals surface area (Å²) in [7, 11) is 0. The van der Waals surface area contributed by atoms with Gasteiger partial charge in [-0.2, -0.15) is 0 Å². The monoisotopic (exact) mass is 357 g/mol. The number of esters is 2. The van der Waals surface area contributed by atoms with Gasteiger partial charge in [-0.1, -0.05) is 25.4 Å². The average molecular weight is 358 g/mol. The van der Waals surface area contributed by atoms with E-state index in [9.17, 15) is 19.7 Å². The van der Waals surface area contributed by atoms with E-state index in [2.05, 4.69) is 0 Å². The number of hydrogen-bond acceptors (Lipinski definition) is 6. The molecule has 0 amide bonds. The molecule has 8 heteroatoms. The molecule has 1 aromatic carbocycles. The number of nitro groups is 1. The largest absolute Gasteiger partial charge is 0.465 e. The van der Waals surface area contributed by atoms with Crippen LogP contribution in [0.4, 0.5) is 5.69 Å². The molecular weight excluding hydrogens is 338 g/mol. The lowest BCUT2D eigenvalue weighted by Crippen LogP contribution is -2.23. The van der Waals surface area contributed by atoms with E-state index in [0.717, 1.165) is 0 Å². The molecule has 0 aliphatic carbocycles. The first kappa shape index (κ1) is 19.9. The maximum atomic E-state index is 11.3. The van der Waals surface area contributed by atoms with Gasteiger partial charge >= 0.3 is 11.9 Å². The van der Waals surface area contributed by atoms with E-state index >= 15 is 0 Å². The average Bonchev–Trinajstić information content (AvgIpc) is 2.56. The van der Waals surface area contributed by atoms with Gasteiger partial charge in [0.05, 0.1) is 18.1 Å². The normalized spacial score (nSPS) is 10.5. The van der Waals surface area contributed by atoms with E-state index in [-0.39, 0.29) is 50.1 Å². The summed E-state index contributed by atoms with van der Waals surface area (Å²) in [5, 5.41) is 11.5. The van der Waals surface area contributed by atoms with Crippen LogP contribution in [0.1, 0.15) is 32.3 Å².